The molecule has 0 aliphatic heterocycles. The molecule has 0 radical (unpaired) electrons. The van der Waals surface area contributed by atoms with Crippen molar-refractivity contribution in [1.82, 2.24) is 9.47 Å². The van der Waals surface area contributed by atoms with E-state index in [4.69, 9.17) is 4.42 Å². The zero-order chi connectivity index (χ0) is 15.4. The van der Waals surface area contributed by atoms with Crippen LogP contribution in [-0.2, 0) is 11.3 Å². The van der Waals surface area contributed by atoms with E-state index in [2.05, 4.69) is 6.58 Å². The molecule has 0 fully saturated rings. The first-order chi connectivity index (χ1) is 10.0. The van der Waals surface area contributed by atoms with E-state index < -0.39 is 5.76 Å². The molecule has 0 aliphatic rings. The third kappa shape index (κ3) is 3.42. The largest absolute Gasteiger partial charge is 0.419 e. The van der Waals surface area contributed by atoms with Crippen LogP contribution in [0, 0.1) is 0 Å². The number of aryl methyl sites for hydroxylation is 1. The third-order valence-corrected chi connectivity index (χ3v) is 3.32. The SMILES string of the molecule is C=C(C)CN(CC)C(=O)CCn1c(=O)oc2ccccc21. The Labute approximate surface area is 123 Å². The molecule has 21 heavy (non-hydrogen) atoms. The average Bonchev–Trinajstić information content (AvgIpc) is 2.77. The van der Waals surface area contributed by atoms with Gasteiger partial charge in [0.2, 0.25) is 5.91 Å². The van der Waals surface area contributed by atoms with Crippen molar-refractivity contribution in [3.05, 3.63) is 47.0 Å². The summed E-state index contributed by atoms with van der Waals surface area (Å²) in [7, 11) is 0. The molecule has 1 amide bonds. The van der Waals surface area contributed by atoms with Crippen LogP contribution in [0.15, 0.2) is 45.6 Å². The van der Waals surface area contributed by atoms with Crippen LogP contribution in [0.5, 0.6) is 0 Å². The van der Waals surface area contributed by atoms with Crippen molar-refractivity contribution in [2.75, 3.05) is 13.1 Å². The van der Waals surface area contributed by atoms with E-state index in [1.54, 1.807) is 11.0 Å². The number of carbonyl (C=O) groups excluding carboxylic acids is 1. The monoisotopic (exact) mass is 288 g/mol. The second-order valence-corrected chi connectivity index (χ2v) is 5.10. The molecule has 0 unspecified atom stereocenters. The standard InChI is InChI=1S/C16H20N2O3/c1-4-17(11-12(2)3)15(19)9-10-18-13-7-5-6-8-14(13)21-16(18)20/h5-8H,2,4,9-11H2,1,3H3. The average molecular weight is 288 g/mol. The molecule has 112 valence electrons. The number of hydrogen-bond acceptors (Lipinski definition) is 3. The van der Waals surface area contributed by atoms with Crippen molar-refractivity contribution in [1.29, 1.82) is 0 Å². The quantitative estimate of drug-likeness (QED) is 0.767. The lowest BCUT2D eigenvalue weighted by Gasteiger charge is -2.20. The Balaban J connectivity index is 2.11. The van der Waals surface area contributed by atoms with Crippen LogP contribution in [0.3, 0.4) is 0 Å². The molecule has 1 aromatic carbocycles. The Morgan fingerprint density at radius 1 is 1.38 bits per heavy atom. The minimum absolute atomic E-state index is 0.0117. The Morgan fingerprint density at radius 3 is 2.76 bits per heavy atom. The molecule has 0 atom stereocenters. The van der Waals surface area contributed by atoms with E-state index >= 15 is 0 Å². The fraction of sp³-hybridized carbons (Fsp3) is 0.375. The van der Waals surface area contributed by atoms with Crippen LogP contribution < -0.4 is 5.76 Å². The second kappa shape index (κ2) is 6.43. The highest BCUT2D eigenvalue weighted by atomic mass is 16.4. The van der Waals surface area contributed by atoms with E-state index in [1.807, 2.05) is 32.0 Å². The van der Waals surface area contributed by atoms with Crippen LogP contribution in [0.25, 0.3) is 11.1 Å². The highest BCUT2D eigenvalue weighted by Crippen LogP contribution is 2.12. The van der Waals surface area contributed by atoms with Gasteiger partial charge in [0.05, 0.1) is 5.52 Å². The van der Waals surface area contributed by atoms with Gasteiger partial charge in [0.15, 0.2) is 5.58 Å². The number of nitrogens with zero attached hydrogens (tertiary/aromatic N) is 2. The number of oxazole rings is 1. The number of likely N-dealkylation sites (N-methyl/N-ethyl adjacent to an activating group) is 1. The molecule has 0 aliphatic carbocycles. The van der Waals surface area contributed by atoms with Crippen LogP contribution in [0.2, 0.25) is 0 Å². The Kier molecular flexibility index (Phi) is 4.62. The molecule has 0 saturated heterocycles. The van der Waals surface area contributed by atoms with Gasteiger partial charge in [-0.15, -0.1) is 0 Å². The molecule has 2 aromatic rings. The number of fused-ring (bicyclic) bond motifs is 1. The molecule has 0 N–H and O–H groups in total. The first-order valence-electron chi connectivity index (χ1n) is 7.03. The van der Waals surface area contributed by atoms with Gasteiger partial charge in [-0.1, -0.05) is 24.3 Å². The molecule has 0 saturated carbocycles. The highest BCUT2D eigenvalue weighted by Gasteiger charge is 2.14. The van der Waals surface area contributed by atoms with Crippen molar-refractivity contribution in [2.45, 2.75) is 26.8 Å². The van der Waals surface area contributed by atoms with Crippen LogP contribution in [-0.4, -0.2) is 28.5 Å². The maximum Gasteiger partial charge on any atom is 0.419 e. The van der Waals surface area contributed by atoms with Gasteiger partial charge in [-0.2, -0.15) is 0 Å². The number of carbonyl (C=O) groups is 1. The Hall–Kier alpha value is -2.30. The van der Waals surface area contributed by atoms with Crippen LogP contribution in [0.4, 0.5) is 0 Å². The van der Waals surface area contributed by atoms with Gasteiger partial charge in [-0.3, -0.25) is 9.36 Å². The number of hydrogen-bond donors (Lipinski definition) is 0. The highest BCUT2D eigenvalue weighted by molar-refractivity contribution is 5.77. The van der Waals surface area contributed by atoms with Gasteiger partial charge in [-0.25, -0.2) is 4.79 Å². The summed E-state index contributed by atoms with van der Waals surface area (Å²) in [5.41, 5.74) is 2.21. The van der Waals surface area contributed by atoms with Crippen molar-refractivity contribution in [2.24, 2.45) is 0 Å². The predicted octanol–water partition coefficient (Wildman–Crippen LogP) is 2.41. The maximum atomic E-state index is 12.2. The minimum atomic E-state index is -0.424. The molecule has 0 bridgehead atoms. The van der Waals surface area contributed by atoms with Crippen molar-refractivity contribution in [3.63, 3.8) is 0 Å². The lowest BCUT2D eigenvalue weighted by atomic mass is 10.2. The van der Waals surface area contributed by atoms with Crippen molar-refractivity contribution >= 4 is 17.0 Å². The van der Waals surface area contributed by atoms with E-state index in [0.717, 1.165) is 11.1 Å². The second-order valence-electron chi connectivity index (χ2n) is 5.10. The summed E-state index contributed by atoms with van der Waals surface area (Å²) in [6.45, 7) is 9.15. The van der Waals surface area contributed by atoms with Gasteiger partial charge in [-0.05, 0) is 26.0 Å². The summed E-state index contributed by atoms with van der Waals surface area (Å²) in [5, 5.41) is 0. The molecule has 0 spiro atoms. The first-order valence-corrected chi connectivity index (χ1v) is 7.03. The molecule has 1 heterocycles. The van der Waals surface area contributed by atoms with Gasteiger partial charge in [0.25, 0.3) is 0 Å². The number of rotatable bonds is 6. The fourth-order valence-electron chi connectivity index (χ4n) is 2.29. The van der Waals surface area contributed by atoms with Gasteiger partial charge >= 0.3 is 5.76 Å². The van der Waals surface area contributed by atoms with E-state index in [9.17, 15) is 9.59 Å². The number of para-hydroxylation sites is 2. The first kappa shape index (κ1) is 15.1. The number of aromatic nitrogens is 1. The minimum Gasteiger partial charge on any atom is -0.408 e. The smallest absolute Gasteiger partial charge is 0.408 e. The number of amides is 1. The van der Waals surface area contributed by atoms with E-state index in [1.165, 1.54) is 4.57 Å². The zero-order valence-electron chi connectivity index (χ0n) is 12.5. The fourth-order valence-corrected chi connectivity index (χ4v) is 2.29. The molecule has 5 nitrogen and oxygen atoms in total. The number of benzene rings is 1. The molecule has 2 rings (SSSR count). The van der Waals surface area contributed by atoms with Crippen molar-refractivity contribution < 1.29 is 9.21 Å². The molecular weight excluding hydrogens is 268 g/mol. The van der Waals surface area contributed by atoms with Gasteiger partial charge < -0.3 is 9.32 Å². The molecule has 5 heteroatoms. The predicted molar refractivity (Wildman–Crippen MR) is 82.2 cm³/mol. The van der Waals surface area contributed by atoms with Crippen LogP contribution in [0.1, 0.15) is 20.3 Å². The lowest BCUT2D eigenvalue weighted by molar-refractivity contribution is -0.130. The molecule has 1 aromatic heterocycles. The lowest BCUT2D eigenvalue weighted by Crippen LogP contribution is -2.33. The Bertz CT molecular complexity index is 712. The van der Waals surface area contributed by atoms with Crippen molar-refractivity contribution in [3.8, 4) is 0 Å². The summed E-state index contributed by atoms with van der Waals surface area (Å²) < 4.78 is 6.65. The molecular formula is C16H20N2O3. The summed E-state index contributed by atoms with van der Waals surface area (Å²) in [6.07, 6.45) is 0.268. The topological polar surface area (TPSA) is 55.5 Å². The van der Waals surface area contributed by atoms with E-state index in [-0.39, 0.29) is 12.3 Å². The summed E-state index contributed by atoms with van der Waals surface area (Å²) in [4.78, 5) is 25.7. The summed E-state index contributed by atoms with van der Waals surface area (Å²) in [5.74, 6) is -0.412. The summed E-state index contributed by atoms with van der Waals surface area (Å²) in [6, 6.07) is 7.21. The van der Waals surface area contributed by atoms with Gasteiger partial charge in [0.1, 0.15) is 0 Å². The Morgan fingerprint density at radius 2 is 2.10 bits per heavy atom. The maximum absolute atomic E-state index is 12.2. The van der Waals surface area contributed by atoms with E-state index in [0.29, 0.717) is 25.2 Å². The van der Waals surface area contributed by atoms with Gasteiger partial charge in [0, 0.05) is 26.1 Å². The van der Waals surface area contributed by atoms with Crippen LogP contribution >= 0.6 is 0 Å². The normalized spacial score (nSPS) is 10.8. The third-order valence-electron chi connectivity index (χ3n) is 3.32. The zero-order valence-corrected chi connectivity index (χ0v) is 12.5. The summed E-state index contributed by atoms with van der Waals surface area (Å²) >= 11 is 0.